The largest absolute Gasteiger partial charge is 0.490 e. The Bertz CT molecular complexity index is 1290. The summed E-state index contributed by atoms with van der Waals surface area (Å²) in [4.78, 5) is 37.8. The molecule has 0 saturated carbocycles. The number of hydrogen-bond acceptors (Lipinski definition) is 8. The zero-order valence-electron chi connectivity index (χ0n) is 22.2. The third kappa shape index (κ3) is 4.57. The Morgan fingerprint density at radius 3 is 2.63 bits per heavy atom. The third-order valence-corrected chi connectivity index (χ3v) is 7.82. The molecule has 0 saturated heterocycles. The first-order valence-corrected chi connectivity index (χ1v) is 13.1. The molecule has 4 heterocycles. The quantitative estimate of drug-likeness (QED) is 0.550. The number of nitrogens with one attached hydrogen (secondary N) is 1. The Balaban J connectivity index is 1.48. The molecule has 1 aromatic heterocycles. The second-order valence-electron chi connectivity index (χ2n) is 10.9. The molecule has 5 rings (SSSR count). The van der Waals surface area contributed by atoms with E-state index in [1.54, 1.807) is 18.2 Å². The highest BCUT2D eigenvalue weighted by molar-refractivity contribution is 5.99. The van der Waals surface area contributed by atoms with Gasteiger partial charge in [0, 0.05) is 12.0 Å². The minimum atomic E-state index is -0.914. The molecule has 10 heteroatoms. The fourth-order valence-corrected chi connectivity index (χ4v) is 5.59. The number of carbonyl (C=O) groups excluding carboxylic acids is 2. The van der Waals surface area contributed by atoms with Crippen LogP contribution in [0.1, 0.15) is 87.2 Å². The van der Waals surface area contributed by atoms with Crippen LogP contribution in [0.5, 0.6) is 11.5 Å². The minimum Gasteiger partial charge on any atom is -0.490 e. The van der Waals surface area contributed by atoms with Gasteiger partial charge in [0.25, 0.3) is 5.91 Å². The number of nitrogens with zero attached hydrogens (tertiary/aromatic N) is 3. The molecular formula is C28H35N5O5. The average Bonchev–Trinajstić information content (AvgIpc) is 2.89. The SMILES string of the molecule is CCC1(CC)CC(=O)N([C@@H]2CC(C)(C)Oc3ccc(C(=O)N[C@@H]4c5ccccc5OC[C@@H]4O)nc32)C(N)=N1. The van der Waals surface area contributed by atoms with Crippen molar-refractivity contribution >= 4 is 17.8 Å². The van der Waals surface area contributed by atoms with Crippen molar-refractivity contribution in [1.82, 2.24) is 15.2 Å². The Labute approximate surface area is 222 Å². The Hall–Kier alpha value is -3.66. The summed E-state index contributed by atoms with van der Waals surface area (Å²) in [6.45, 7) is 7.97. The number of aliphatic hydroxyl groups is 1. The number of aromatic nitrogens is 1. The van der Waals surface area contributed by atoms with Crippen molar-refractivity contribution in [3.63, 3.8) is 0 Å². The molecule has 0 bridgehead atoms. The van der Waals surface area contributed by atoms with Crippen molar-refractivity contribution in [3.05, 3.63) is 53.3 Å². The topological polar surface area (TPSA) is 139 Å². The van der Waals surface area contributed by atoms with E-state index in [1.807, 2.05) is 45.9 Å². The van der Waals surface area contributed by atoms with Gasteiger partial charge < -0.3 is 25.6 Å². The van der Waals surface area contributed by atoms with Gasteiger partial charge in [0.05, 0.1) is 24.0 Å². The number of rotatable bonds is 5. The Kier molecular flexibility index (Phi) is 6.54. The standard InChI is InChI=1S/C28H35N5O5/c1-5-28(6-2)14-22(35)33(26(29)32-28)18-13-27(3,4)38-21-12-11-17(30-24(18)21)25(36)31-23-16-9-7-8-10-20(16)37-15-19(23)34/h7-12,18-19,23,34H,5-6,13-15H2,1-4H3,(H2,29,32)(H,31,36)/t18-,19+,23-/m1/s1. The van der Waals surface area contributed by atoms with Gasteiger partial charge >= 0.3 is 0 Å². The van der Waals surface area contributed by atoms with E-state index in [0.717, 1.165) is 0 Å². The maximum Gasteiger partial charge on any atom is 0.270 e. The van der Waals surface area contributed by atoms with Gasteiger partial charge in [-0.3, -0.25) is 14.5 Å². The van der Waals surface area contributed by atoms with Crippen LogP contribution in [0.3, 0.4) is 0 Å². The molecule has 202 valence electrons. The van der Waals surface area contributed by atoms with E-state index in [1.165, 1.54) is 4.90 Å². The molecule has 0 unspecified atom stereocenters. The molecular weight excluding hydrogens is 486 g/mol. The first kappa shape index (κ1) is 26.0. The van der Waals surface area contributed by atoms with Crippen LogP contribution in [0.25, 0.3) is 0 Å². The van der Waals surface area contributed by atoms with Gasteiger partial charge in [0.2, 0.25) is 5.91 Å². The Morgan fingerprint density at radius 1 is 1.18 bits per heavy atom. The number of aliphatic imine (C=N–C) groups is 1. The van der Waals surface area contributed by atoms with Crippen LogP contribution in [0.15, 0.2) is 41.4 Å². The molecule has 2 aromatic rings. The lowest BCUT2D eigenvalue weighted by molar-refractivity contribution is -0.133. The molecule has 0 fully saturated rings. The number of pyridine rings is 1. The lowest BCUT2D eigenvalue weighted by atomic mass is 9.86. The summed E-state index contributed by atoms with van der Waals surface area (Å²) in [6.07, 6.45) is 1.20. The molecule has 10 nitrogen and oxygen atoms in total. The fourth-order valence-electron chi connectivity index (χ4n) is 5.59. The van der Waals surface area contributed by atoms with Crippen LogP contribution in [0.2, 0.25) is 0 Å². The molecule has 3 aliphatic heterocycles. The molecule has 3 atom stereocenters. The van der Waals surface area contributed by atoms with Gasteiger partial charge in [-0.2, -0.15) is 0 Å². The monoisotopic (exact) mass is 521 g/mol. The average molecular weight is 522 g/mol. The van der Waals surface area contributed by atoms with Crippen LogP contribution < -0.4 is 20.5 Å². The highest BCUT2D eigenvalue weighted by atomic mass is 16.5. The third-order valence-electron chi connectivity index (χ3n) is 7.82. The zero-order chi connectivity index (χ0) is 27.2. The number of ether oxygens (including phenoxy) is 2. The molecule has 2 amide bonds. The Morgan fingerprint density at radius 2 is 1.92 bits per heavy atom. The van der Waals surface area contributed by atoms with Crippen molar-refractivity contribution in [2.24, 2.45) is 10.7 Å². The van der Waals surface area contributed by atoms with Crippen LogP contribution in [-0.2, 0) is 4.79 Å². The van der Waals surface area contributed by atoms with Crippen molar-refractivity contribution in [1.29, 1.82) is 0 Å². The lowest BCUT2D eigenvalue weighted by Crippen LogP contribution is -2.55. The predicted octanol–water partition coefficient (Wildman–Crippen LogP) is 3.01. The highest BCUT2D eigenvalue weighted by Crippen LogP contribution is 2.44. The van der Waals surface area contributed by atoms with Crippen LogP contribution in [0, 0.1) is 0 Å². The molecule has 3 aliphatic rings. The smallest absolute Gasteiger partial charge is 0.270 e. The summed E-state index contributed by atoms with van der Waals surface area (Å²) in [6, 6.07) is 9.36. The van der Waals surface area contributed by atoms with E-state index in [4.69, 9.17) is 20.2 Å². The van der Waals surface area contributed by atoms with Crippen molar-refractivity contribution in [2.45, 2.75) is 82.7 Å². The van der Waals surface area contributed by atoms with Gasteiger partial charge in [-0.1, -0.05) is 32.0 Å². The number of nitrogens with two attached hydrogens (primary N) is 1. The van der Waals surface area contributed by atoms with Crippen LogP contribution in [-0.4, -0.2) is 56.6 Å². The second-order valence-corrected chi connectivity index (χ2v) is 10.9. The van der Waals surface area contributed by atoms with Crippen molar-refractivity contribution in [3.8, 4) is 11.5 Å². The van der Waals surface area contributed by atoms with E-state index in [-0.39, 0.29) is 30.6 Å². The first-order valence-electron chi connectivity index (χ1n) is 13.1. The molecule has 38 heavy (non-hydrogen) atoms. The summed E-state index contributed by atoms with van der Waals surface area (Å²) < 4.78 is 11.8. The number of hydrogen-bond donors (Lipinski definition) is 3. The van der Waals surface area contributed by atoms with Crippen LogP contribution >= 0.6 is 0 Å². The van der Waals surface area contributed by atoms with E-state index in [2.05, 4.69) is 10.3 Å². The van der Waals surface area contributed by atoms with Crippen molar-refractivity contribution in [2.75, 3.05) is 6.61 Å². The number of fused-ring (bicyclic) bond motifs is 2. The number of para-hydroxylation sites is 1. The highest BCUT2D eigenvalue weighted by Gasteiger charge is 2.46. The van der Waals surface area contributed by atoms with Gasteiger partial charge in [-0.25, -0.2) is 9.98 Å². The van der Waals surface area contributed by atoms with E-state index >= 15 is 0 Å². The van der Waals surface area contributed by atoms with Gasteiger partial charge in [0.1, 0.15) is 41.2 Å². The maximum absolute atomic E-state index is 13.5. The van der Waals surface area contributed by atoms with Gasteiger partial charge in [0.15, 0.2) is 5.96 Å². The second kappa shape index (κ2) is 9.58. The normalized spacial score (nSPS) is 25.3. The number of amides is 2. The summed E-state index contributed by atoms with van der Waals surface area (Å²) in [5, 5.41) is 13.5. The van der Waals surface area contributed by atoms with Crippen LogP contribution in [0.4, 0.5) is 0 Å². The lowest BCUT2D eigenvalue weighted by Gasteiger charge is -2.44. The molecule has 0 aliphatic carbocycles. The zero-order valence-corrected chi connectivity index (χ0v) is 22.2. The van der Waals surface area contributed by atoms with E-state index in [9.17, 15) is 14.7 Å². The summed E-state index contributed by atoms with van der Waals surface area (Å²) >= 11 is 0. The first-order chi connectivity index (χ1) is 18.1. The van der Waals surface area contributed by atoms with Gasteiger partial charge in [-0.15, -0.1) is 0 Å². The number of guanidine groups is 1. The molecule has 0 radical (unpaired) electrons. The molecule has 4 N–H and O–H groups in total. The molecule has 1 aromatic carbocycles. The maximum atomic E-state index is 13.5. The number of aliphatic hydroxyl groups excluding tert-OH is 1. The summed E-state index contributed by atoms with van der Waals surface area (Å²) in [7, 11) is 0. The molecule has 0 spiro atoms. The van der Waals surface area contributed by atoms with E-state index in [0.29, 0.717) is 42.0 Å². The van der Waals surface area contributed by atoms with E-state index < -0.39 is 35.2 Å². The fraction of sp³-hybridized carbons (Fsp3) is 0.500. The number of carbonyl (C=O) groups is 2. The summed E-state index contributed by atoms with van der Waals surface area (Å²) in [5.74, 6) is 0.693. The predicted molar refractivity (Wildman–Crippen MR) is 141 cm³/mol. The van der Waals surface area contributed by atoms with Gasteiger partial charge in [-0.05, 0) is 44.9 Å². The number of benzene rings is 1. The minimum absolute atomic E-state index is 0.0667. The van der Waals surface area contributed by atoms with Crippen molar-refractivity contribution < 1.29 is 24.2 Å². The summed E-state index contributed by atoms with van der Waals surface area (Å²) in [5.41, 5.74) is 6.62.